The predicted molar refractivity (Wildman–Crippen MR) is 62.3 cm³/mol. The molecule has 16 heavy (non-hydrogen) atoms. The Morgan fingerprint density at radius 2 is 2.25 bits per heavy atom. The van der Waals surface area contributed by atoms with Crippen molar-refractivity contribution in [3.05, 3.63) is 50.7 Å². The lowest BCUT2D eigenvalue weighted by Gasteiger charge is -2.09. The Morgan fingerprint density at radius 1 is 1.50 bits per heavy atom. The van der Waals surface area contributed by atoms with Crippen LogP contribution >= 0.6 is 22.9 Å². The standard InChI is InChI=1S/C11H9ClFNOS/c1-6-5-16-11(9(6)12)10(15)7-2-8(13)4-14-3-7/h2-5,10,15H,1H3. The number of thiophene rings is 1. The molecule has 2 aromatic rings. The Balaban J connectivity index is 2.39. The van der Waals surface area contributed by atoms with Crippen molar-refractivity contribution in [1.82, 2.24) is 4.98 Å². The van der Waals surface area contributed by atoms with E-state index in [-0.39, 0.29) is 0 Å². The molecule has 2 nitrogen and oxygen atoms in total. The van der Waals surface area contributed by atoms with Crippen LogP contribution in [0.5, 0.6) is 0 Å². The Morgan fingerprint density at radius 3 is 2.81 bits per heavy atom. The van der Waals surface area contributed by atoms with Gasteiger partial charge in [-0.3, -0.25) is 4.98 Å². The van der Waals surface area contributed by atoms with E-state index in [2.05, 4.69) is 4.98 Å². The normalized spacial score (nSPS) is 12.8. The monoisotopic (exact) mass is 257 g/mol. The Kier molecular flexibility index (Phi) is 3.23. The highest BCUT2D eigenvalue weighted by Crippen LogP contribution is 2.35. The summed E-state index contributed by atoms with van der Waals surface area (Å²) in [4.78, 5) is 4.31. The number of pyridine rings is 1. The van der Waals surface area contributed by atoms with E-state index in [1.807, 2.05) is 12.3 Å². The van der Waals surface area contributed by atoms with Crippen LogP contribution in [0.25, 0.3) is 0 Å². The lowest BCUT2D eigenvalue weighted by molar-refractivity contribution is 0.223. The minimum atomic E-state index is -0.922. The second kappa shape index (κ2) is 4.49. The summed E-state index contributed by atoms with van der Waals surface area (Å²) in [6.45, 7) is 1.86. The molecule has 0 saturated heterocycles. The summed E-state index contributed by atoms with van der Waals surface area (Å²) in [6, 6.07) is 1.25. The molecule has 0 radical (unpaired) electrons. The van der Waals surface area contributed by atoms with Gasteiger partial charge in [0.2, 0.25) is 0 Å². The molecule has 2 aromatic heterocycles. The number of hydrogen-bond acceptors (Lipinski definition) is 3. The van der Waals surface area contributed by atoms with E-state index in [0.29, 0.717) is 15.5 Å². The number of rotatable bonds is 2. The van der Waals surface area contributed by atoms with Gasteiger partial charge in [0.1, 0.15) is 11.9 Å². The zero-order valence-electron chi connectivity index (χ0n) is 8.45. The molecule has 0 amide bonds. The van der Waals surface area contributed by atoms with E-state index in [9.17, 15) is 9.50 Å². The molecule has 84 valence electrons. The van der Waals surface area contributed by atoms with Gasteiger partial charge in [0.05, 0.1) is 16.1 Å². The summed E-state index contributed by atoms with van der Waals surface area (Å²) < 4.78 is 12.9. The summed E-state index contributed by atoms with van der Waals surface area (Å²) in [5.41, 5.74) is 1.31. The fourth-order valence-electron chi connectivity index (χ4n) is 1.36. The summed E-state index contributed by atoms with van der Waals surface area (Å²) in [5, 5.41) is 12.4. The van der Waals surface area contributed by atoms with Crippen LogP contribution < -0.4 is 0 Å². The van der Waals surface area contributed by atoms with E-state index in [1.165, 1.54) is 23.6 Å². The molecule has 0 bridgehead atoms. The number of aromatic nitrogens is 1. The topological polar surface area (TPSA) is 33.1 Å². The van der Waals surface area contributed by atoms with Gasteiger partial charge in [0.15, 0.2) is 0 Å². The maximum absolute atomic E-state index is 12.9. The summed E-state index contributed by atoms with van der Waals surface area (Å²) in [7, 11) is 0. The third-order valence-corrected chi connectivity index (χ3v) is 3.98. The van der Waals surface area contributed by atoms with Crippen molar-refractivity contribution in [3.8, 4) is 0 Å². The largest absolute Gasteiger partial charge is 0.383 e. The van der Waals surface area contributed by atoms with Crippen molar-refractivity contribution in [2.75, 3.05) is 0 Å². The van der Waals surface area contributed by atoms with Crippen molar-refractivity contribution in [3.63, 3.8) is 0 Å². The van der Waals surface area contributed by atoms with Crippen molar-refractivity contribution in [2.45, 2.75) is 13.0 Å². The van der Waals surface area contributed by atoms with Crippen LogP contribution in [0.15, 0.2) is 23.8 Å². The van der Waals surface area contributed by atoms with Gasteiger partial charge in [0, 0.05) is 11.8 Å². The highest BCUT2D eigenvalue weighted by atomic mass is 35.5. The number of halogens is 2. The van der Waals surface area contributed by atoms with Crippen molar-refractivity contribution < 1.29 is 9.50 Å². The van der Waals surface area contributed by atoms with Crippen LogP contribution in [-0.4, -0.2) is 10.1 Å². The molecule has 0 spiro atoms. The average Bonchev–Trinajstić information content (AvgIpc) is 2.59. The first-order valence-electron chi connectivity index (χ1n) is 4.61. The molecule has 1 unspecified atom stereocenters. The SMILES string of the molecule is Cc1csc(C(O)c2cncc(F)c2)c1Cl. The van der Waals surface area contributed by atoms with Gasteiger partial charge in [-0.25, -0.2) is 4.39 Å². The average molecular weight is 258 g/mol. The van der Waals surface area contributed by atoms with Gasteiger partial charge < -0.3 is 5.11 Å². The zero-order valence-corrected chi connectivity index (χ0v) is 10.0. The third-order valence-electron chi connectivity index (χ3n) is 2.22. The van der Waals surface area contributed by atoms with Crippen LogP contribution in [0.4, 0.5) is 4.39 Å². The second-order valence-electron chi connectivity index (χ2n) is 3.44. The minimum Gasteiger partial charge on any atom is -0.383 e. The van der Waals surface area contributed by atoms with Crippen LogP contribution in [0, 0.1) is 12.7 Å². The van der Waals surface area contributed by atoms with Crippen LogP contribution in [0.2, 0.25) is 5.02 Å². The quantitative estimate of drug-likeness (QED) is 0.895. The predicted octanol–water partition coefficient (Wildman–Crippen LogP) is 3.33. The van der Waals surface area contributed by atoms with Gasteiger partial charge >= 0.3 is 0 Å². The first-order chi connectivity index (χ1) is 7.59. The summed E-state index contributed by atoms with van der Waals surface area (Å²) in [5.74, 6) is -0.471. The zero-order chi connectivity index (χ0) is 11.7. The molecule has 0 aliphatic heterocycles. The smallest absolute Gasteiger partial charge is 0.141 e. The molecule has 0 aliphatic rings. The molecule has 0 fully saturated rings. The number of aliphatic hydroxyl groups excluding tert-OH is 1. The van der Waals surface area contributed by atoms with E-state index in [0.717, 1.165) is 11.8 Å². The van der Waals surface area contributed by atoms with Gasteiger partial charge in [-0.1, -0.05) is 11.6 Å². The van der Waals surface area contributed by atoms with Gasteiger partial charge in [-0.2, -0.15) is 0 Å². The second-order valence-corrected chi connectivity index (χ2v) is 4.73. The minimum absolute atomic E-state index is 0.406. The van der Waals surface area contributed by atoms with E-state index >= 15 is 0 Å². The lowest BCUT2D eigenvalue weighted by Crippen LogP contribution is -1.99. The molecule has 0 saturated carbocycles. The van der Waals surface area contributed by atoms with E-state index in [4.69, 9.17) is 11.6 Å². The first-order valence-corrected chi connectivity index (χ1v) is 5.87. The summed E-state index contributed by atoms with van der Waals surface area (Å²) >= 11 is 7.38. The maximum Gasteiger partial charge on any atom is 0.141 e. The highest BCUT2D eigenvalue weighted by Gasteiger charge is 2.18. The van der Waals surface area contributed by atoms with Gasteiger partial charge in [-0.05, 0) is 23.9 Å². The Labute approximate surface area is 101 Å². The van der Waals surface area contributed by atoms with Crippen molar-refractivity contribution >= 4 is 22.9 Å². The van der Waals surface area contributed by atoms with Crippen LogP contribution in [0.1, 0.15) is 22.1 Å². The molecule has 0 aliphatic carbocycles. The Bertz CT molecular complexity index is 514. The number of aryl methyl sites for hydroxylation is 1. The van der Waals surface area contributed by atoms with Crippen LogP contribution in [-0.2, 0) is 0 Å². The van der Waals surface area contributed by atoms with Crippen LogP contribution in [0.3, 0.4) is 0 Å². The molecular formula is C11H9ClFNOS. The molecule has 1 N–H and O–H groups in total. The number of aliphatic hydroxyl groups is 1. The molecule has 2 rings (SSSR count). The summed E-state index contributed by atoms with van der Waals surface area (Å²) in [6.07, 6.45) is 1.60. The Hall–Kier alpha value is -0.970. The highest BCUT2D eigenvalue weighted by molar-refractivity contribution is 7.10. The van der Waals surface area contributed by atoms with Gasteiger partial charge in [0.25, 0.3) is 0 Å². The third kappa shape index (κ3) is 2.09. The van der Waals surface area contributed by atoms with Crippen molar-refractivity contribution in [1.29, 1.82) is 0 Å². The number of hydrogen-bond donors (Lipinski definition) is 1. The molecular weight excluding hydrogens is 249 g/mol. The molecule has 5 heteroatoms. The van der Waals surface area contributed by atoms with Crippen molar-refractivity contribution in [2.24, 2.45) is 0 Å². The molecule has 0 aromatic carbocycles. The number of nitrogens with zero attached hydrogens (tertiary/aromatic N) is 1. The van der Waals surface area contributed by atoms with E-state index < -0.39 is 11.9 Å². The molecule has 1 atom stereocenters. The fourth-order valence-corrected chi connectivity index (χ4v) is 2.67. The van der Waals surface area contributed by atoms with E-state index in [1.54, 1.807) is 0 Å². The fraction of sp³-hybridized carbons (Fsp3) is 0.182. The molecule has 2 heterocycles. The maximum atomic E-state index is 12.9. The van der Waals surface area contributed by atoms with Gasteiger partial charge in [-0.15, -0.1) is 11.3 Å². The first kappa shape index (κ1) is 11.5. The lowest BCUT2D eigenvalue weighted by atomic mass is 10.1.